The third kappa shape index (κ3) is 2.81. The number of hydrogen-bond acceptors (Lipinski definition) is 4. The van der Waals surface area contributed by atoms with Crippen LogP contribution < -0.4 is 4.90 Å². The number of hydrogen-bond donors (Lipinski definition) is 0. The molecular weight excluding hydrogens is 266 g/mol. The molecule has 2 aromatic rings. The van der Waals surface area contributed by atoms with Gasteiger partial charge in [-0.15, -0.1) is 0 Å². The van der Waals surface area contributed by atoms with Crippen LogP contribution in [-0.2, 0) is 4.74 Å². The zero-order valence-corrected chi connectivity index (χ0v) is 11.5. The molecule has 5 nitrogen and oxygen atoms in total. The van der Waals surface area contributed by atoms with Gasteiger partial charge in [-0.25, -0.2) is 0 Å². The first-order valence-corrected chi connectivity index (χ1v) is 6.83. The van der Waals surface area contributed by atoms with E-state index in [4.69, 9.17) is 10.00 Å². The fraction of sp³-hybridized carbons (Fsp3) is 0.250. The van der Waals surface area contributed by atoms with Gasteiger partial charge in [-0.1, -0.05) is 0 Å². The summed E-state index contributed by atoms with van der Waals surface area (Å²) in [5.41, 5.74) is 2.18. The Labute approximate surface area is 123 Å². The molecule has 0 unspecified atom stereocenters. The lowest BCUT2D eigenvalue weighted by Crippen LogP contribution is -2.36. The molecule has 1 aromatic heterocycles. The molecule has 0 bridgehead atoms. The third-order valence-corrected chi connectivity index (χ3v) is 3.55. The van der Waals surface area contributed by atoms with Crippen LogP contribution in [0.4, 0.5) is 5.69 Å². The normalized spacial score (nSPS) is 14.7. The van der Waals surface area contributed by atoms with Crippen LogP contribution in [0, 0.1) is 11.3 Å². The predicted molar refractivity (Wildman–Crippen MR) is 78.3 cm³/mol. The smallest absolute Gasteiger partial charge is 0.261 e. The van der Waals surface area contributed by atoms with Crippen LogP contribution in [0.3, 0.4) is 0 Å². The van der Waals surface area contributed by atoms with Gasteiger partial charge in [-0.2, -0.15) is 5.26 Å². The summed E-state index contributed by atoms with van der Waals surface area (Å²) >= 11 is 0. The van der Waals surface area contributed by atoms with E-state index >= 15 is 0 Å². The van der Waals surface area contributed by atoms with Crippen molar-refractivity contribution in [2.24, 2.45) is 0 Å². The number of carbonyl (C=O) groups is 1. The van der Waals surface area contributed by atoms with Gasteiger partial charge in [-0.3, -0.25) is 9.36 Å². The Kier molecular flexibility index (Phi) is 3.71. The van der Waals surface area contributed by atoms with Gasteiger partial charge in [0.25, 0.3) is 5.91 Å². The van der Waals surface area contributed by atoms with Crippen molar-refractivity contribution < 1.29 is 9.53 Å². The van der Waals surface area contributed by atoms with E-state index in [0.29, 0.717) is 11.1 Å². The quantitative estimate of drug-likeness (QED) is 0.843. The zero-order valence-electron chi connectivity index (χ0n) is 11.5. The van der Waals surface area contributed by atoms with Crippen LogP contribution in [0.25, 0.3) is 0 Å². The van der Waals surface area contributed by atoms with Crippen LogP contribution in [0.1, 0.15) is 15.9 Å². The topological polar surface area (TPSA) is 58.3 Å². The number of benzene rings is 1. The van der Waals surface area contributed by atoms with Gasteiger partial charge in [0, 0.05) is 36.7 Å². The van der Waals surface area contributed by atoms with Gasteiger partial charge >= 0.3 is 0 Å². The molecule has 0 N–H and O–H groups in total. The van der Waals surface area contributed by atoms with E-state index < -0.39 is 0 Å². The zero-order chi connectivity index (χ0) is 14.7. The molecule has 3 rings (SSSR count). The first-order valence-electron chi connectivity index (χ1n) is 6.83. The molecule has 0 aliphatic carbocycles. The highest BCUT2D eigenvalue weighted by Gasteiger charge is 2.13. The molecule has 1 saturated heterocycles. The number of nitrogens with zero attached hydrogens (tertiary/aromatic N) is 3. The summed E-state index contributed by atoms with van der Waals surface area (Å²) in [5.74, 6) is -0.134. The van der Waals surface area contributed by atoms with Gasteiger partial charge in [0.05, 0.1) is 18.8 Å². The molecule has 0 amide bonds. The van der Waals surface area contributed by atoms with Crippen molar-refractivity contribution in [2.75, 3.05) is 31.2 Å². The van der Waals surface area contributed by atoms with E-state index in [2.05, 4.69) is 4.90 Å². The molecule has 106 valence electrons. The second-order valence-electron chi connectivity index (χ2n) is 4.87. The van der Waals surface area contributed by atoms with Crippen molar-refractivity contribution in [3.8, 4) is 6.07 Å². The molecule has 1 aliphatic rings. The molecular formula is C16H15N3O2. The summed E-state index contributed by atoms with van der Waals surface area (Å²) in [4.78, 5) is 14.5. The van der Waals surface area contributed by atoms with E-state index in [0.717, 1.165) is 32.0 Å². The predicted octanol–water partition coefficient (Wildman–Crippen LogP) is 1.88. The van der Waals surface area contributed by atoms with Crippen molar-refractivity contribution in [3.63, 3.8) is 0 Å². The van der Waals surface area contributed by atoms with E-state index in [1.54, 1.807) is 12.3 Å². The van der Waals surface area contributed by atoms with Crippen LogP contribution >= 0.6 is 0 Å². The Balaban J connectivity index is 1.77. The Bertz CT molecular complexity index is 676. The van der Waals surface area contributed by atoms with Crippen molar-refractivity contribution in [1.82, 2.24) is 4.57 Å². The molecule has 0 spiro atoms. The minimum atomic E-state index is -0.134. The van der Waals surface area contributed by atoms with E-state index in [9.17, 15) is 4.79 Å². The van der Waals surface area contributed by atoms with Crippen LogP contribution in [0.2, 0.25) is 0 Å². The van der Waals surface area contributed by atoms with Gasteiger partial charge in [-0.05, 0) is 30.3 Å². The van der Waals surface area contributed by atoms with Crippen molar-refractivity contribution in [2.45, 2.75) is 0 Å². The summed E-state index contributed by atoms with van der Waals surface area (Å²) in [6, 6.07) is 11.2. The number of carbonyl (C=O) groups excluding carboxylic acids is 1. The summed E-state index contributed by atoms with van der Waals surface area (Å²) in [6.07, 6.45) is 3.15. The molecule has 1 aromatic carbocycles. The maximum atomic E-state index is 12.3. The summed E-state index contributed by atoms with van der Waals surface area (Å²) in [6.45, 7) is 3.22. The second-order valence-corrected chi connectivity index (χ2v) is 4.87. The van der Waals surface area contributed by atoms with Gasteiger partial charge < -0.3 is 9.64 Å². The lowest BCUT2D eigenvalue weighted by Gasteiger charge is -2.28. The Morgan fingerprint density at radius 3 is 2.48 bits per heavy atom. The van der Waals surface area contributed by atoms with Crippen molar-refractivity contribution in [1.29, 1.82) is 5.26 Å². The van der Waals surface area contributed by atoms with Crippen molar-refractivity contribution >= 4 is 11.6 Å². The maximum absolute atomic E-state index is 12.3. The first-order chi connectivity index (χ1) is 10.3. The highest BCUT2D eigenvalue weighted by Crippen LogP contribution is 2.17. The Morgan fingerprint density at radius 2 is 1.86 bits per heavy atom. The van der Waals surface area contributed by atoms with Gasteiger partial charge in [0.2, 0.25) is 0 Å². The summed E-state index contributed by atoms with van der Waals surface area (Å²) in [7, 11) is 0. The highest BCUT2D eigenvalue weighted by atomic mass is 16.5. The molecule has 21 heavy (non-hydrogen) atoms. The number of nitriles is 1. The average molecular weight is 281 g/mol. The standard InChI is InChI=1S/C16H15N3O2/c17-11-13-5-6-19(12-13)16(20)14-1-3-15(4-2-14)18-7-9-21-10-8-18/h1-6,12H,7-10H2. The van der Waals surface area contributed by atoms with E-state index in [-0.39, 0.29) is 5.91 Å². The lowest BCUT2D eigenvalue weighted by molar-refractivity contribution is 0.0960. The highest BCUT2D eigenvalue weighted by molar-refractivity contribution is 5.96. The number of rotatable bonds is 2. The van der Waals surface area contributed by atoms with E-state index in [1.165, 1.54) is 10.8 Å². The van der Waals surface area contributed by atoms with Crippen LogP contribution in [0.5, 0.6) is 0 Å². The first kappa shape index (κ1) is 13.4. The molecule has 2 heterocycles. The third-order valence-electron chi connectivity index (χ3n) is 3.55. The molecule has 1 fully saturated rings. The average Bonchev–Trinajstić information content (AvgIpc) is 3.04. The second kappa shape index (κ2) is 5.81. The van der Waals surface area contributed by atoms with Crippen LogP contribution in [-0.4, -0.2) is 36.8 Å². The SMILES string of the molecule is N#Cc1ccn(C(=O)c2ccc(N3CCOCC3)cc2)c1. The molecule has 0 radical (unpaired) electrons. The molecule has 0 atom stereocenters. The number of aromatic nitrogens is 1. The Morgan fingerprint density at radius 1 is 1.14 bits per heavy atom. The van der Waals surface area contributed by atoms with Gasteiger partial charge in [0.15, 0.2) is 0 Å². The molecule has 1 aliphatic heterocycles. The summed E-state index contributed by atoms with van der Waals surface area (Å²) in [5, 5.41) is 8.79. The Hall–Kier alpha value is -2.58. The fourth-order valence-corrected chi connectivity index (χ4v) is 2.37. The van der Waals surface area contributed by atoms with Gasteiger partial charge in [0.1, 0.15) is 6.07 Å². The number of anilines is 1. The number of ether oxygens (including phenoxy) is 1. The summed E-state index contributed by atoms with van der Waals surface area (Å²) < 4.78 is 6.76. The minimum absolute atomic E-state index is 0.134. The monoisotopic (exact) mass is 281 g/mol. The number of morpholine rings is 1. The lowest BCUT2D eigenvalue weighted by atomic mass is 10.1. The maximum Gasteiger partial charge on any atom is 0.261 e. The molecule has 5 heteroatoms. The van der Waals surface area contributed by atoms with E-state index in [1.807, 2.05) is 30.3 Å². The molecule has 0 saturated carbocycles. The largest absolute Gasteiger partial charge is 0.378 e. The minimum Gasteiger partial charge on any atom is -0.378 e. The fourth-order valence-electron chi connectivity index (χ4n) is 2.37. The van der Waals surface area contributed by atoms with Crippen LogP contribution in [0.15, 0.2) is 42.7 Å². The van der Waals surface area contributed by atoms with Crippen molar-refractivity contribution in [3.05, 3.63) is 53.9 Å².